The Morgan fingerprint density at radius 1 is 0.825 bits per heavy atom. The number of aryl methyl sites for hydroxylation is 2. The molecule has 0 bridgehead atoms. The predicted molar refractivity (Wildman–Crippen MR) is 158 cm³/mol. The number of carbonyl (C=O) groups excluding carboxylic acids is 1. The number of ether oxygens (including phenoxy) is 1. The molecule has 1 aliphatic rings. The highest BCUT2D eigenvalue weighted by Crippen LogP contribution is 2.29. The SMILES string of the molecule is CC[C@H](NC(=O)CN(c1ccc(Oc2ccccc2)cc1)S(=O)(=O)c1ccccc1)c1ccc2c(c1)CCCC2. The maximum absolute atomic E-state index is 13.7. The maximum Gasteiger partial charge on any atom is 0.264 e. The lowest BCUT2D eigenvalue weighted by atomic mass is 9.89. The molecule has 0 saturated carbocycles. The quantitative estimate of drug-likeness (QED) is 0.233. The first-order valence-electron chi connectivity index (χ1n) is 13.8. The third kappa shape index (κ3) is 6.37. The second kappa shape index (κ2) is 12.4. The van der Waals surface area contributed by atoms with Gasteiger partial charge in [-0.25, -0.2) is 8.42 Å². The molecule has 0 aliphatic heterocycles. The molecule has 1 aliphatic carbocycles. The number of fused-ring (bicyclic) bond motifs is 1. The van der Waals surface area contributed by atoms with E-state index in [4.69, 9.17) is 4.74 Å². The van der Waals surface area contributed by atoms with Crippen molar-refractivity contribution in [2.24, 2.45) is 0 Å². The van der Waals surface area contributed by atoms with Gasteiger partial charge in [-0.15, -0.1) is 0 Å². The van der Waals surface area contributed by atoms with Crippen LogP contribution in [-0.2, 0) is 27.7 Å². The highest BCUT2D eigenvalue weighted by Gasteiger charge is 2.28. The monoisotopic (exact) mass is 554 g/mol. The Hall–Kier alpha value is -4.10. The van der Waals surface area contributed by atoms with Crippen LogP contribution in [0.4, 0.5) is 5.69 Å². The van der Waals surface area contributed by atoms with Gasteiger partial charge in [-0.05, 0) is 97.3 Å². The van der Waals surface area contributed by atoms with Gasteiger partial charge in [0.15, 0.2) is 0 Å². The molecule has 1 atom stereocenters. The van der Waals surface area contributed by atoms with Crippen molar-refractivity contribution in [3.8, 4) is 11.5 Å². The number of benzene rings is 4. The molecule has 5 rings (SSSR count). The van der Waals surface area contributed by atoms with Crippen LogP contribution in [0, 0.1) is 0 Å². The van der Waals surface area contributed by atoms with Crippen molar-refractivity contribution < 1.29 is 17.9 Å². The van der Waals surface area contributed by atoms with E-state index in [2.05, 4.69) is 23.5 Å². The predicted octanol–water partition coefficient (Wildman–Crippen LogP) is 6.82. The van der Waals surface area contributed by atoms with Crippen LogP contribution in [-0.4, -0.2) is 20.9 Å². The Labute approximate surface area is 236 Å². The molecule has 40 heavy (non-hydrogen) atoms. The van der Waals surface area contributed by atoms with Crippen LogP contribution in [0.25, 0.3) is 0 Å². The summed E-state index contributed by atoms with van der Waals surface area (Å²) in [6, 6.07) is 30.5. The number of hydrogen-bond donors (Lipinski definition) is 1. The fourth-order valence-electron chi connectivity index (χ4n) is 5.10. The molecule has 0 aromatic heterocycles. The van der Waals surface area contributed by atoms with Crippen LogP contribution in [0.2, 0.25) is 0 Å². The Kier molecular flexibility index (Phi) is 8.51. The van der Waals surface area contributed by atoms with Gasteiger partial charge in [0.1, 0.15) is 18.0 Å². The van der Waals surface area contributed by atoms with E-state index in [0.29, 0.717) is 23.6 Å². The molecule has 4 aromatic rings. The molecule has 1 N–H and O–H groups in total. The molecule has 0 spiro atoms. The van der Waals surface area contributed by atoms with Crippen molar-refractivity contribution in [2.75, 3.05) is 10.8 Å². The molecular weight excluding hydrogens is 520 g/mol. The van der Waals surface area contributed by atoms with Crippen molar-refractivity contribution in [1.82, 2.24) is 5.32 Å². The van der Waals surface area contributed by atoms with Crippen LogP contribution >= 0.6 is 0 Å². The number of carbonyl (C=O) groups is 1. The van der Waals surface area contributed by atoms with Crippen LogP contribution in [0.15, 0.2) is 108 Å². The summed E-state index contributed by atoms with van der Waals surface area (Å²) in [6.45, 7) is 1.67. The molecule has 1 amide bonds. The molecule has 7 heteroatoms. The summed E-state index contributed by atoms with van der Waals surface area (Å²) >= 11 is 0. The minimum atomic E-state index is -4.01. The number of amides is 1. The number of nitrogens with zero attached hydrogens (tertiary/aromatic N) is 1. The van der Waals surface area contributed by atoms with Crippen LogP contribution in [0.5, 0.6) is 11.5 Å². The maximum atomic E-state index is 13.7. The molecule has 0 saturated heterocycles. The van der Waals surface area contributed by atoms with Gasteiger partial charge in [0, 0.05) is 0 Å². The number of anilines is 1. The summed E-state index contributed by atoms with van der Waals surface area (Å²) in [5, 5.41) is 3.09. The van der Waals surface area contributed by atoms with Gasteiger partial charge in [-0.1, -0.05) is 61.5 Å². The fourth-order valence-corrected chi connectivity index (χ4v) is 6.54. The molecule has 0 fully saturated rings. The largest absolute Gasteiger partial charge is 0.457 e. The average molecular weight is 555 g/mol. The molecule has 0 unspecified atom stereocenters. The lowest BCUT2D eigenvalue weighted by Crippen LogP contribution is -2.42. The van der Waals surface area contributed by atoms with Gasteiger partial charge >= 0.3 is 0 Å². The minimum absolute atomic E-state index is 0.120. The first-order chi connectivity index (χ1) is 19.4. The summed E-state index contributed by atoms with van der Waals surface area (Å²) in [5.74, 6) is 0.875. The Morgan fingerprint density at radius 2 is 1.45 bits per heavy atom. The van der Waals surface area contributed by atoms with Crippen molar-refractivity contribution in [2.45, 2.75) is 50.0 Å². The molecule has 0 heterocycles. The number of para-hydroxylation sites is 1. The molecule has 0 radical (unpaired) electrons. The smallest absolute Gasteiger partial charge is 0.264 e. The topological polar surface area (TPSA) is 75.7 Å². The summed E-state index contributed by atoms with van der Waals surface area (Å²) in [6.07, 6.45) is 5.24. The van der Waals surface area contributed by atoms with Crippen LogP contribution in [0.3, 0.4) is 0 Å². The van der Waals surface area contributed by atoms with E-state index in [1.807, 2.05) is 37.3 Å². The van der Waals surface area contributed by atoms with E-state index >= 15 is 0 Å². The third-order valence-corrected chi connectivity index (χ3v) is 9.03. The van der Waals surface area contributed by atoms with Crippen molar-refractivity contribution in [3.63, 3.8) is 0 Å². The second-order valence-electron chi connectivity index (χ2n) is 10.00. The summed E-state index contributed by atoms with van der Waals surface area (Å²) in [5.41, 5.74) is 4.16. The summed E-state index contributed by atoms with van der Waals surface area (Å²) in [4.78, 5) is 13.5. The zero-order valence-corrected chi connectivity index (χ0v) is 23.4. The van der Waals surface area contributed by atoms with E-state index in [9.17, 15) is 13.2 Å². The van der Waals surface area contributed by atoms with Gasteiger partial charge < -0.3 is 10.1 Å². The fraction of sp³-hybridized carbons (Fsp3) is 0.242. The lowest BCUT2D eigenvalue weighted by molar-refractivity contribution is -0.120. The normalized spacial score (nSPS) is 13.6. The van der Waals surface area contributed by atoms with Crippen LogP contribution < -0.4 is 14.4 Å². The zero-order valence-electron chi connectivity index (χ0n) is 22.6. The first-order valence-corrected chi connectivity index (χ1v) is 15.2. The highest BCUT2D eigenvalue weighted by atomic mass is 32.2. The Bertz CT molecular complexity index is 1540. The average Bonchev–Trinajstić information content (AvgIpc) is 3.00. The van der Waals surface area contributed by atoms with Gasteiger partial charge in [-0.2, -0.15) is 0 Å². The Balaban J connectivity index is 1.38. The van der Waals surface area contributed by atoms with Gasteiger partial charge in [0.25, 0.3) is 10.0 Å². The van der Waals surface area contributed by atoms with Crippen molar-refractivity contribution in [1.29, 1.82) is 0 Å². The van der Waals surface area contributed by atoms with Gasteiger partial charge in [0.05, 0.1) is 16.6 Å². The third-order valence-electron chi connectivity index (χ3n) is 7.24. The second-order valence-corrected chi connectivity index (χ2v) is 11.9. The number of nitrogens with one attached hydrogen (secondary N) is 1. The van der Waals surface area contributed by atoms with E-state index in [1.54, 1.807) is 42.5 Å². The lowest BCUT2D eigenvalue weighted by Gasteiger charge is -2.26. The molecule has 4 aromatic carbocycles. The number of hydrogen-bond acceptors (Lipinski definition) is 4. The molecule has 206 valence electrons. The van der Waals surface area contributed by atoms with E-state index in [-0.39, 0.29) is 23.4 Å². The summed E-state index contributed by atoms with van der Waals surface area (Å²) in [7, 11) is -4.01. The Morgan fingerprint density at radius 3 is 2.12 bits per heavy atom. The first kappa shape index (κ1) is 27.5. The van der Waals surface area contributed by atoms with Crippen molar-refractivity contribution in [3.05, 3.63) is 120 Å². The van der Waals surface area contributed by atoms with E-state index in [0.717, 1.165) is 22.7 Å². The van der Waals surface area contributed by atoms with Gasteiger partial charge in [-0.3, -0.25) is 9.10 Å². The number of rotatable bonds is 10. The molecule has 6 nitrogen and oxygen atoms in total. The van der Waals surface area contributed by atoms with Crippen molar-refractivity contribution >= 4 is 21.6 Å². The van der Waals surface area contributed by atoms with Gasteiger partial charge in [0.2, 0.25) is 5.91 Å². The summed E-state index contributed by atoms with van der Waals surface area (Å²) < 4.78 is 34.5. The molecular formula is C33H34N2O4S. The standard InChI is InChI=1S/C33H34N2O4S/c1-2-32(27-18-17-25-11-9-10-12-26(25)23-27)34-33(36)24-35(40(37,38)31-15-7-4-8-16-31)28-19-21-30(22-20-28)39-29-13-5-3-6-14-29/h3-8,13-23,32H,2,9-12,24H2,1H3,(H,34,36)/t32-/m0/s1. The zero-order chi connectivity index (χ0) is 28.0. The minimum Gasteiger partial charge on any atom is -0.457 e. The highest BCUT2D eigenvalue weighted by molar-refractivity contribution is 7.92. The number of sulfonamides is 1. The van der Waals surface area contributed by atoms with E-state index in [1.165, 1.54) is 36.1 Å². The van der Waals surface area contributed by atoms with E-state index < -0.39 is 10.0 Å². The van der Waals surface area contributed by atoms with Crippen LogP contribution in [0.1, 0.15) is 48.9 Å².